The van der Waals surface area contributed by atoms with Gasteiger partial charge in [-0.2, -0.15) is 4.31 Å². The van der Waals surface area contributed by atoms with Crippen molar-refractivity contribution in [2.75, 3.05) is 7.05 Å². The lowest BCUT2D eigenvalue weighted by Gasteiger charge is -2.16. The van der Waals surface area contributed by atoms with Crippen LogP contribution in [0.3, 0.4) is 0 Å². The van der Waals surface area contributed by atoms with Gasteiger partial charge in [0.15, 0.2) is 0 Å². The second-order valence-corrected chi connectivity index (χ2v) is 6.69. The number of hydrogen-bond acceptors (Lipinski definition) is 4. The summed E-state index contributed by atoms with van der Waals surface area (Å²) in [5.41, 5.74) is 0.966. The monoisotopic (exact) mass is 309 g/mol. The lowest BCUT2D eigenvalue weighted by atomic mass is 10.2. The minimum Gasteiger partial charge on any atom is -0.475 e. The highest BCUT2D eigenvalue weighted by atomic mass is 32.2. The molecule has 0 saturated heterocycles. The number of benzene rings is 1. The molecule has 0 aliphatic heterocycles. The summed E-state index contributed by atoms with van der Waals surface area (Å²) >= 11 is 0. The molecule has 0 unspecified atom stereocenters. The maximum absolute atomic E-state index is 12.4. The highest BCUT2D eigenvalue weighted by molar-refractivity contribution is 7.89. The first-order chi connectivity index (χ1) is 9.80. The molecule has 7 heteroatoms. The van der Waals surface area contributed by atoms with Gasteiger partial charge in [0.2, 0.25) is 15.8 Å². The highest BCUT2D eigenvalue weighted by Gasteiger charge is 2.22. The van der Waals surface area contributed by atoms with Crippen molar-refractivity contribution in [1.82, 2.24) is 4.31 Å². The van der Waals surface area contributed by atoms with E-state index in [1.165, 1.54) is 31.3 Å². The topological polar surface area (TPSA) is 87.8 Å². The van der Waals surface area contributed by atoms with Gasteiger partial charge in [0.25, 0.3) is 0 Å². The third kappa shape index (κ3) is 3.32. The maximum Gasteiger partial charge on any atom is 0.371 e. The van der Waals surface area contributed by atoms with Crippen molar-refractivity contribution >= 4 is 16.0 Å². The van der Waals surface area contributed by atoms with Gasteiger partial charge >= 0.3 is 5.97 Å². The van der Waals surface area contributed by atoms with E-state index >= 15 is 0 Å². The van der Waals surface area contributed by atoms with Crippen molar-refractivity contribution in [1.29, 1.82) is 0 Å². The Morgan fingerprint density at radius 1 is 1.19 bits per heavy atom. The van der Waals surface area contributed by atoms with Crippen molar-refractivity contribution in [3.8, 4) is 0 Å². The van der Waals surface area contributed by atoms with E-state index in [9.17, 15) is 13.2 Å². The van der Waals surface area contributed by atoms with E-state index in [0.29, 0.717) is 0 Å². The second-order valence-electron chi connectivity index (χ2n) is 4.65. The van der Waals surface area contributed by atoms with Gasteiger partial charge in [-0.1, -0.05) is 17.7 Å². The molecule has 2 rings (SSSR count). The van der Waals surface area contributed by atoms with E-state index < -0.39 is 16.0 Å². The Labute approximate surface area is 122 Å². The molecule has 0 amide bonds. The number of carbonyl (C=O) groups is 1. The lowest BCUT2D eigenvalue weighted by Crippen LogP contribution is -2.26. The van der Waals surface area contributed by atoms with Crippen LogP contribution in [0.25, 0.3) is 0 Å². The largest absolute Gasteiger partial charge is 0.475 e. The molecule has 21 heavy (non-hydrogen) atoms. The van der Waals surface area contributed by atoms with Crippen molar-refractivity contribution in [3.63, 3.8) is 0 Å². The van der Waals surface area contributed by atoms with E-state index in [4.69, 9.17) is 9.52 Å². The summed E-state index contributed by atoms with van der Waals surface area (Å²) in [6, 6.07) is 9.25. The summed E-state index contributed by atoms with van der Waals surface area (Å²) in [4.78, 5) is 10.9. The zero-order valence-electron chi connectivity index (χ0n) is 11.6. The molecule has 1 heterocycles. The molecule has 112 valence electrons. The summed E-state index contributed by atoms with van der Waals surface area (Å²) in [5.74, 6) is -1.14. The van der Waals surface area contributed by atoms with Crippen LogP contribution in [0.5, 0.6) is 0 Å². The molecule has 1 N–H and O–H groups in total. The van der Waals surface area contributed by atoms with Gasteiger partial charge in [0.1, 0.15) is 5.76 Å². The molecule has 1 aromatic carbocycles. The Balaban J connectivity index is 2.19. The molecule has 0 fully saturated rings. The number of nitrogens with zero attached hydrogens (tertiary/aromatic N) is 1. The Morgan fingerprint density at radius 2 is 1.81 bits per heavy atom. The van der Waals surface area contributed by atoms with Gasteiger partial charge in [-0.15, -0.1) is 0 Å². The quantitative estimate of drug-likeness (QED) is 0.914. The lowest BCUT2D eigenvalue weighted by molar-refractivity contribution is 0.0659. The molecule has 0 saturated carbocycles. The number of rotatable bonds is 5. The normalized spacial score (nSPS) is 11.8. The van der Waals surface area contributed by atoms with Crippen molar-refractivity contribution in [2.45, 2.75) is 18.4 Å². The van der Waals surface area contributed by atoms with Crippen molar-refractivity contribution in [3.05, 3.63) is 53.5 Å². The zero-order chi connectivity index (χ0) is 15.6. The van der Waals surface area contributed by atoms with Gasteiger partial charge in [0, 0.05) is 7.05 Å². The van der Waals surface area contributed by atoms with E-state index in [1.807, 2.05) is 6.92 Å². The van der Waals surface area contributed by atoms with Gasteiger partial charge in [-0.25, -0.2) is 13.2 Å². The van der Waals surface area contributed by atoms with Crippen LogP contribution in [-0.2, 0) is 16.6 Å². The van der Waals surface area contributed by atoms with Crippen LogP contribution in [0.15, 0.2) is 45.7 Å². The van der Waals surface area contributed by atoms with Crippen LogP contribution in [-0.4, -0.2) is 30.8 Å². The zero-order valence-corrected chi connectivity index (χ0v) is 12.4. The van der Waals surface area contributed by atoms with Crippen LogP contribution in [0.2, 0.25) is 0 Å². The molecule has 6 nitrogen and oxygen atoms in total. The number of sulfonamides is 1. The smallest absolute Gasteiger partial charge is 0.371 e. The van der Waals surface area contributed by atoms with Crippen molar-refractivity contribution < 1.29 is 22.7 Å². The summed E-state index contributed by atoms with van der Waals surface area (Å²) in [5, 5.41) is 8.77. The molecule has 1 aromatic heterocycles. The average molecular weight is 309 g/mol. The standard InChI is InChI=1S/C14H15NO5S/c1-10-3-6-12(7-4-10)21(18,19)15(2)9-11-5-8-13(20-11)14(16)17/h3-8H,9H2,1-2H3,(H,16,17). The third-order valence-electron chi connectivity index (χ3n) is 2.98. The molecule has 0 atom stereocenters. The van der Waals surface area contributed by atoms with Crippen LogP contribution in [0, 0.1) is 6.92 Å². The summed E-state index contributed by atoms with van der Waals surface area (Å²) in [6.45, 7) is 1.83. The number of carboxylic acid groups (broad SMARTS) is 1. The second kappa shape index (κ2) is 5.71. The molecule has 0 aliphatic rings. The Hall–Kier alpha value is -2.12. The molecular weight excluding hydrogens is 294 g/mol. The maximum atomic E-state index is 12.4. The fourth-order valence-electron chi connectivity index (χ4n) is 1.77. The van der Waals surface area contributed by atoms with Crippen LogP contribution >= 0.6 is 0 Å². The number of carboxylic acids is 1. The fraction of sp³-hybridized carbons (Fsp3) is 0.214. The van der Waals surface area contributed by atoms with Gasteiger partial charge in [-0.3, -0.25) is 0 Å². The summed E-state index contributed by atoms with van der Waals surface area (Å²) < 4.78 is 30.9. The number of aryl methyl sites for hydroxylation is 1. The first-order valence-corrected chi connectivity index (χ1v) is 7.60. The first kappa shape index (κ1) is 15.3. The Bertz CT molecular complexity index is 746. The van der Waals surface area contributed by atoms with Crippen LogP contribution in [0.4, 0.5) is 0 Å². The third-order valence-corrected chi connectivity index (χ3v) is 4.80. The molecule has 0 aliphatic carbocycles. The Morgan fingerprint density at radius 3 is 2.33 bits per heavy atom. The minimum absolute atomic E-state index is 0.0382. The predicted molar refractivity (Wildman–Crippen MR) is 75.5 cm³/mol. The summed E-state index contributed by atoms with van der Waals surface area (Å²) in [7, 11) is -2.22. The minimum atomic E-state index is -3.64. The highest BCUT2D eigenvalue weighted by Crippen LogP contribution is 2.18. The molecule has 2 aromatic rings. The van der Waals surface area contributed by atoms with E-state index in [0.717, 1.165) is 9.87 Å². The molecule has 0 spiro atoms. The van der Waals surface area contributed by atoms with Crippen LogP contribution in [0.1, 0.15) is 21.9 Å². The number of furan rings is 1. The van der Waals surface area contributed by atoms with E-state index in [-0.39, 0.29) is 23.0 Å². The predicted octanol–water partition coefficient (Wildman–Crippen LogP) is 2.11. The van der Waals surface area contributed by atoms with Crippen LogP contribution < -0.4 is 0 Å². The van der Waals surface area contributed by atoms with Crippen molar-refractivity contribution in [2.24, 2.45) is 0 Å². The van der Waals surface area contributed by atoms with Gasteiger partial charge < -0.3 is 9.52 Å². The van der Waals surface area contributed by atoms with Gasteiger partial charge in [-0.05, 0) is 31.2 Å². The fourth-order valence-corrected chi connectivity index (χ4v) is 2.91. The van der Waals surface area contributed by atoms with Gasteiger partial charge in [0.05, 0.1) is 11.4 Å². The molecular formula is C14H15NO5S. The number of hydrogen-bond donors (Lipinski definition) is 1. The first-order valence-electron chi connectivity index (χ1n) is 6.16. The number of aromatic carboxylic acids is 1. The van der Waals surface area contributed by atoms with E-state index in [2.05, 4.69) is 0 Å². The molecule has 0 bridgehead atoms. The average Bonchev–Trinajstić information content (AvgIpc) is 2.88. The Kier molecular flexibility index (Phi) is 4.15. The summed E-state index contributed by atoms with van der Waals surface area (Å²) in [6.07, 6.45) is 0. The van der Waals surface area contributed by atoms with E-state index in [1.54, 1.807) is 12.1 Å². The molecule has 0 radical (unpaired) electrons. The SMILES string of the molecule is Cc1ccc(S(=O)(=O)N(C)Cc2ccc(C(=O)O)o2)cc1.